The zero-order valence-corrected chi connectivity index (χ0v) is 14.2. The minimum absolute atomic E-state index is 0.0155. The van der Waals surface area contributed by atoms with Crippen molar-refractivity contribution in [3.8, 4) is 5.75 Å². The van der Waals surface area contributed by atoms with Crippen LogP contribution in [-0.4, -0.2) is 41.0 Å². The maximum Gasteiger partial charge on any atom is 0.311 e. The van der Waals surface area contributed by atoms with Crippen molar-refractivity contribution in [1.82, 2.24) is 9.88 Å². The normalized spacial score (nSPS) is 15.7. The third-order valence-corrected chi connectivity index (χ3v) is 4.45. The molecule has 0 atom stereocenters. The Labute approximate surface area is 146 Å². The van der Waals surface area contributed by atoms with E-state index in [0.29, 0.717) is 6.04 Å². The number of hydrogen-bond donors (Lipinski definition) is 1. The second kappa shape index (κ2) is 7.94. The number of aromatic nitrogens is 1. The van der Waals surface area contributed by atoms with Crippen LogP contribution in [0.5, 0.6) is 5.75 Å². The fourth-order valence-electron chi connectivity index (χ4n) is 3.11. The first kappa shape index (κ1) is 17.2. The summed E-state index contributed by atoms with van der Waals surface area (Å²) >= 11 is 0. The molecule has 1 aliphatic heterocycles. The van der Waals surface area contributed by atoms with Gasteiger partial charge in [0.05, 0.1) is 17.7 Å². The summed E-state index contributed by atoms with van der Waals surface area (Å²) in [5.41, 5.74) is 1.93. The number of anilines is 1. The Morgan fingerprint density at radius 1 is 1.32 bits per heavy atom. The van der Waals surface area contributed by atoms with Crippen LogP contribution in [0.25, 0.3) is 0 Å². The number of likely N-dealkylation sites (tertiary alicyclic amines) is 1. The zero-order valence-electron chi connectivity index (χ0n) is 14.2. The number of hydrogen-bond acceptors (Lipinski definition) is 6. The molecule has 0 unspecified atom stereocenters. The Balaban J connectivity index is 1.54. The number of ether oxygens (including phenoxy) is 1. The summed E-state index contributed by atoms with van der Waals surface area (Å²) in [5, 5.41) is 14.4. The fourth-order valence-corrected chi connectivity index (χ4v) is 3.11. The van der Waals surface area contributed by atoms with Crippen LogP contribution in [0.3, 0.4) is 0 Å². The number of nitro benzene ring substituents is 1. The molecule has 1 aromatic heterocycles. The highest BCUT2D eigenvalue weighted by atomic mass is 16.6. The molecule has 1 aliphatic rings. The number of nitrogens with zero attached hydrogens (tertiary/aromatic N) is 3. The summed E-state index contributed by atoms with van der Waals surface area (Å²) in [6, 6.07) is 11.3. The van der Waals surface area contributed by atoms with Crippen molar-refractivity contribution >= 4 is 11.4 Å². The van der Waals surface area contributed by atoms with Gasteiger partial charge in [-0.1, -0.05) is 6.07 Å². The molecule has 7 nitrogen and oxygen atoms in total. The van der Waals surface area contributed by atoms with Gasteiger partial charge >= 0.3 is 5.69 Å². The number of pyridine rings is 1. The molecule has 2 aromatic rings. The smallest absolute Gasteiger partial charge is 0.311 e. The number of nitrogens with one attached hydrogen (secondary N) is 1. The molecule has 2 heterocycles. The summed E-state index contributed by atoms with van der Waals surface area (Å²) in [5.74, 6) is 0.280. The van der Waals surface area contributed by atoms with Gasteiger partial charge in [-0.15, -0.1) is 0 Å². The lowest BCUT2D eigenvalue weighted by Crippen LogP contribution is -2.38. The van der Waals surface area contributed by atoms with Gasteiger partial charge in [0.2, 0.25) is 0 Å². The van der Waals surface area contributed by atoms with Crippen LogP contribution in [0.4, 0.5) is 11.4 Å². The molecule has 1 fully saturated rings. The van der Waals surface area contributed by atoms with Gasteiger partial charge in [-0.05, 0) is 31.0 Å². The van der Waals surface area contributed by atoms with Gasteiger partial charge in [-0.2, -0.15) is 0 Å². The van der Waals surface area contributed by atoms with Crippen LogP contribution in [0, 0.1) is 10.1 Å². The average molecular weight is 342 g/mol. The van der Waals surface area contributed by atoms with E-state index in [9.17, 15) is 10.1 Å². The molecule has 1 N–H and O–H groups in total. The molecule has 1 saturated heterocycles. The van der Waals surface area contributed by atoms with Crippen molar-refractivity contribution in [2.24, 2.45) is 0 Å². The van der Waals surface area contributed by atoms with Crippen LogP contribution in [0.2, 0.25) is 0 Å². The predicted octanol–water partition coefficient (Wildman–Crippen LogP) is 3.07. The van der Waals surface area contributed by atoms with Crippen LogP contribution < -0.4 is 10.1 Å². The molecule has 3 rings (SSSR count). The molecule has 0 bridgehead atoms. The minimum atomic E-state index is -0.432. The SMILES string of the molecule is COc1cc(NC2CCN(Cc3ccccn3)CC2)ccc1[N+](=O)[O-]. The maximum absolute atomic E-state index is 11.0. The van der Waals surface area contributed by atoms with E-state index in [1.54, 1.807) is 12.1 Å². The van der Waals surface area contributed by atoms with Gasteiger partial charge < -0.3 is 10.1 Å². The van der Waals surface area contributed by atoms with E-state index in [1.165, 1.54) is 13.2 Å². The van der Waals surface area contributed by atoms with Crippen LogP contribution >= 0.6 is 0 Å². The number of methoxy groups -OCH3 is 1. The standard InChI is InChI=1S/C18H22N4O3/c1-25-18-12-15(5-6-17(18)22(23)24)20-14-7-10-21(11-8-14)13-16-4-2-3-9-19-16/h2-6,9,12,14,20H,7-8,10-11,13H2,1H3. The van der Waals surface area contributed by atoms with Gasteiger partial charge in [-0.25, -0.2) is 0 Å². The van der Waals surface area contributed by atoms with Crippen molar-refractivity contribution < 1.29 is 9.66 Å². The topological polar surface area (TPSA) is 80.5 Å². The van der Waals surface area contributed by atoms with E-state index in [-0.39, 0.29) is 11.4 Å². The van der Waals surface area contributed by atoms with Crippen molar-refractivity contribution in [3.63, 3.8) is 0 Å². The average Bonchev–Trinajstić information content (AvgIpc) is 2.64. The molecular formula is C18H22N4O3. The highest BCUT2D eigenvalue weighted by molar-refractivity contribution is 5.58. The first-order valence-electron chi connectivity index (χ1n) is 8.37. The Morgan fingerprint density at radius 3 is 2.76 bits per heavy atom. The highest BCUT2D eigenvalue weighted by Crippen LogP contribution is 2.30. The molecule has 1 aromatic carbocycles. The molecule has 0 radical (unpaired) electrons. The summed E-state index contributed by atoms with van der Waals surface area (Å²) in [6.07, 6.45) is 3.86. The summed E-state index contributed by atoms with van der Waals surface area (Å²) in [7, 11) is 1.45. The minimum Gasteiger partial charge on any atom is -0.490 e. The van der Waals surface area contributed by atoms with Crippen molar-refractivity contribution in [3.05, 3.63) is 58.4 Å². The monoisotopic (exact) mass is 342 g/mol. The van der Waals surface area contributed by atoms with Crippen molar-refractivity contribution in [1.29, 1.82) is 0 Å². The number of benzene rings is 1. The predicted molar refractivity (Wildman–Crippen MR) is 95.8 cm³/mol. The van der Waals surface area contributed by atoms with Crippen LogP contribution in [0.1, 0.15) is 18.5 Å². The van der Waals surface area contributed by atoms with E-state index in [0.717, 1.165) is 43.9 Å². The molecule has 0 amide bonds. The van der Waals surface area contributed by atoms with Crippen molar-refractivity contribution in [2.45, 2.75) is 25.4 Å². The first-order valence-corrected chi connectivity index (χ1v) is 8.37. The largest absolute Gasteiger partial charge is 0.490 e. The van der Waals surface area contributed by atoms with Gasteiger partial charge in [-0.3, -0.25) is 20.0 Å². The number of piperidine rings is 1. The van der Waals surface area contributed by atoms with Crippen LogP contribution in [-0.2, 0) is 6.54 Å². The molecule has 0 spiro atoms. The van der Waals surface area contributed by atoms with E-state index in [1.807, 2.05) is 24.4 Å². The fraction of sp³-hybridized carbons (Fsp3) is 0.389. The quantitative estimate of drug-likeness (QED) is 0.642. The molecule has 25 heavy (non-hydrogen) atoms. The second-order valence-corrected chi connectivity index (χ2v) is 6.16. The molecular weight excluding hydrogens is 320 g/mol. The Hall–Kier alpha value is -2.67. The van der Waals surface area contributed by atoms with E-state index >= 15 is 0 Å². The summed E-state index contributed by atoms with van der Waals surface area (Å²) in [4.78, 5) is 17.3. The third kappa shape index (κ3) is 4.45. The van der Waals surface area contributed by atoms with Crippen LogP contribution in [0.15, 0.2) is 42.6 Å². The van der Waals surface area contributed by atoms with Gasteiger partial charge in [0.15, 0.2) is 5.75 Å². The maximum atomic E-state index is 11.0. The molecule has 0 aliphatic carbocycles. The van der Waals surface area contributed by atoms with Crippen molar-refractivity contribution in [2.75, 3.05) is 25.5 Å². The Kier molecular flexibility index (Phi) is 5.45. The molecule has 7 heteroatoms. The third-order valence-electron chi connectivity index (χ3n) is 4.45. The lowest BCUT2D eigenvalue weighted by atomic mass is 10.0. The van der Waals surface area contributed by atoms with Gasteiger partial charge in [0.1, 0.15) is 0 Å². The Morgan fingerprint density at radius 2 is 2.12 bits per heavy atom. The first-order chi connectivity index (χ1) is 12.2. The lowest BCUT2D eigenvalue weighted by molar-refractivity contribution is -0.385. The molecule has 0 saturated carbocycles. The van der Waals surface area contributed by atoms with E-state index in [2.05, 4.69) is 15.2 Å². The van der Waals surface area contributed by atoms with Gasteiger partial charge in [0, 0.05) is 49.7 Å². The summed E-state index contributed by atoms with van der Waals surface area (Å²) in [6.45, 7) is 2.87. The second-order valence-electron chi connectivity index (χ2n) is 6.16. The number of nitro groups is 1. The summed E-state index contributed by atoms with van der Waals surface area (Å²) < 4.78 is 5.12. The highest BCUT2D eigenvalue weighted by Gasteiger charge is 2.21. The zero-order chi connectivity index (χ0) is 17.6. The van der Waals surface area contributed by atoms with Gasteiger partial charge in [0.25, 0.3) is 0 Å². The van der Waals surface area contributed by atoms with E-state index < -0.39 is 4.92 Å². The lowest BCUT2D eigenvalue weighted by Gasteiger charge is -2.32. The Bertz CT molecular complexity index is 716. The van der Waals surface area contributed by atoms with E-state index in [4.69, 9.17) is 4.74 Å². The molecule has 132 valence electrons. The number of rotatable bonds is 6.